The van der Waals surface area contributed by atoms with Crippen molar-refractivity contribution in [1.29, 1.82) is 0 Å². The first-order valence-electron chi connectivity index (χ1n) is 22.5. The van der Waals surface area contributed by atoms with E-state index < -0.39 is 40.8 Å². The fraction of sp³-hybridized carbons (Fsp3) is 0.396. The van der Waals surface area contributed by atoms with Crippen LogP contribution in [0.2, 0.25) is 0 Å². The van der Waals surface area contributed by atoms with Crippen LogP contribution in [-0.4, -0.2) is 80.0 Å². The Hall–Kier alpha value is -6.50. The van der Waals surface area contributed by atoms with Gasteiger partial charge < -0.3 is 19.1 Å². The molecule has 5 aliphatic rings. The summed E-state index contributed by atoms with van der Waals surface area (Å²) < 4.78 is 61.4. The van der Waals surface area contributed by atoms with E-state index in [9.17, 15) is 9.90 Å². The molecule has 3 aliphatic heterocycles. The molecule has 12 rings (SSSR count). The van der Waals surface area contributed by atoms with Gasteiger partial charge in [0, 0.05) is 62.0 Å². The van der Waals surface area contributed by atoms with Crippen molar-refractivity contribution < 1.29 is 32.6 Å². The summed E-state index contributed by atoms with van der Waals surface area (Å²) in [4.78, 5) is 41.5. The van der Waals surface area contributed by atoms with Crippen LogP contribution in [0.1, 0.15) is 116 Å². The molecule has 340 valence electrons. The Morgan fingerprint density at radius 2 is 1.76 bits per heavy atom. The van der Waals surface area contributed by atoms with Gasteiger partial charge in [0.15, 0.2) is 5.82 Å². The van der Waals surface area contributed by atoms with Gasteiger partial charge in [0.2, 0.25) is 0 Å². The predicted molar refractivity (Wildman–Crippen MR) is 236 cm³/mol. The maximum Gasteiger partial charge on any atom is 0.338 e. The number of aryl methyl sites for hydroxylation is 1. The van der Waals surface area contributed by atoms with Crippen molar-refractivity contribution in [2.24, 2.45) is 12.0 Å². The number of benzene rings is 2. The number of carbonyl (C=O) groups is 1. The summed E-state index contributed by atoms with van der Waals surface area (Å²) in [6.07, 6.45) is 8.92. The lowest BCUT2D eigenvalue weighted by Crippen LogP contribution is -2.41. The number of fused-ring (bicyclic) bond motifs is 3. The number of imidazole rings is 1. The van der Waals surface area contributed by atoms with E-state index in [4.69, 9.17) is 14.7 Å². The number of halogens is 3. The van der Waals surface area contributed by atoms with Crippen LogP contribution in [0, 0.1) is 17.5 Å². The quantitative estimate of drug-likeness (QED) is 0.167. The van der Waals surface area contributed by atoms with Crippen LogP contribution in [0.3, 0.4) is 0 Å². The number of amides is 1. The van der Waals surface area contributed by atoms with Gasteiger partial charge in [-0.15, -0.1) is 0 Å². The zero-order chi connectivity index (χ0) is 45.6. The number of hydroxylamine groups is 1. The van der Waals surface area contributed by atoms with Crippen molar-refractivity contribution >= 4 is 28.2 Å². The standard InChI is InChI=1S/C48H47F3N10O5/c1-25-39-36(54-61(28-7-8-34(49)30(19-28)26-5-6-26)42(39)59-17-16-58(46(59)64)38-10-9-37-33(40(38)51)23-52-56(37)4)11-15-57(25)43(62)32-21-29-20-31(27-12-18-65-47(2,3)22-27)35(50)24-60(29)41(32)48(13-14-48)44-53-45(63)66-55-44/h7-10,16-17,19-21,23-27,45,63H,5-6,11-15,18,22H2,1-4H3,(H,53,55)/t25-,27-,45?/m0/s1. The van der Waals surface area contributed by atoms with E-state index in [2.05, 4.69) is 15.6 Å². The lowest BCUT2D eigenvalue weighted by molar-refractivity contribution is -0.102. The molecule has 2 saturated carbocycles. The number of carbonyl (C=O) groups excluding carboxylic acids is 1. The fourth-order valence-electron chi connectivity index (χ4n) is 10.8. The van der Waals surface area contributed by atoms with Gasteiger partial charge in [0.1, 0.15) is 23.3 Å². The van der Waals surface area contributed by atoms with Gasteiger partial charge in [0.25, 0.3) is 12.3 Å². The molecule has 2 N–H and O–H groups in total. The van der Waals surface area contributed by atoms with E-state index in [0.29, 0.717) is 101 Å². The van der Waals surface area contributed by atoms with Gasteiger partial charge in [0.05, 0.1) is 56.8 Å². The predicted octanol–water partition coefficient (Wildman–Crippen LogP) is 6.92. The highest BCUT2D eigenvalue weighted by atomic mass is 19.1. The fourth-order valence-corrected chi connectivity index (χ4v) is 10.8. The van der Waals surface area contributed by atoms with Gasteiger partial charge in [-0.3, -0.25) is 18.6 Å². The molecular weight excluding hydrogens is 854 g/mol. The van der Waals surface area contributed by atoms with E-state index in [0.717, 1.165) is 12.8 Å². The first-order valence-corrected chi connectivity index (χ1v) is 22.5. The third kappa shape index (κ3) is 6.24. The molecule has 8 heterocycles. The molecule has 0 radical (unpaired) electrons. The molecule has 1 saturated heterocycles. The third-order valence-electron chi connectivity index (χ3n) is 14.5. The van der Waals surface area contributed by atoms with Crippen LogP contribution in [0.4, 0.5) is 13.2 Å². The summed E-state index contributed by atoms with van der Waals surface area (Å²) in [7, 11) is 1.71. The Kier molecular flexibility index (Phi) is 9.00. The number of rotatable bonds is 8. The second kappa shape index (κ2) is 14.5. The molecule has 3 fully saturated rings. The summed E-state index contributed by atoms with van der Waals surface area (Å²) in [5.41, 5.74) is 5.86. The topological polar surface area (TPSA) is 150 Å². The molecule has 5 aromatic heterocycles. The van der Waals surface area contributed by atoms with Gasteiger partial charge in [-0.2, -0.15) is 10.2 Å². The van der Waals surface area contributed by atoms with Crippen LogP contribution < -0.4 is 11.2 Å². The van der Waals surface area contributed by atoms with E-state index in [1.807, 2.05) is 26.8 Å². The Morgan fingerprint density at radius 1 is 0.970 bits per heavy atom. The lowest BCUT2D eigenvalue weighted by Gasteiger charge is -2.36. The molecule has 2 aliphatic carbocycles. The molecule has 1 amide bonds. The number of hydrogen-bond donors (Lipinski definition) is 2. The number of aliphatic hydroxyl groups excluding tert-OH is 1. The van der Waals surface area contributed by atoms with Crippen LogP contribution >= 0.6 is 0 Å². The number of aliphatic hydroxyl groups is 1. The number of amidine groups is 1. The molecule has 18 heteroatoms. The summed E-state index contributed by atoms with van der Waals surface area (Å²) in [5, 5.41) is 19.8. The van der Waals surface area contributed by atoms with Gasteiger partial charge in [-0.25, -0.2) is 38.0 Å². The minimum Gasteiger partial charge on any atom is -0.376 e. The lowest BCUT2D eigenvalue weighted by atomic mass is 9.83. The normalized spacial score (nSPS) is 22.2. The Bertz CT molecular complexity index is 3280. The molecule has 1 unspecified atom stereocenters. The highest BCUT2D eigenvalue weighted by Gasteiger charge is 2.55. The van der Waals surface area contributed by atoms with Crippen molar-refractivity contribution in [3.8, 4) is 17.2 Å². The summed E-state index contributed by atoms with van der Waals surface area (Å²) in [6.45, 7) is 6.64. The van der Waals surface area contributed by atoms with Crippen LogP contribution in [0.15, 0.2) is 77.0 Å². The molecule has 15 nitrogen and oxygen atoms in total. The van der Waals surface area contributed by atoms with Crippen LogP contribution in [0.25, 0.3) is 33.6 Å². The highest BCUT2D eigenvalue weighted by Crippen LogP contribution is 2.53. The van der Waals surface area contributed by atoms with Crippen molar-refractivity contribution in [1.82, 2.24) is 43.5 Å². The van der Waals surface area contributed by atoms with Crippen molar-refractivity contribution in [2.45, 2.75) is 101 Å². The second-order valence-electron chi connectivity index (χ2n) is 19.1. The Morgan fingerprint density at radius 3 is 2.50 bits per heavy atom. The highest BCUT2D eigenvalue weighted by molar-refractivity contribution is 6.03. The van der Waals surface area contributed by atoms with Gasteiger partial charge in [-0.1, -0.05) is 0 Å². The van der Waals surface area contributed by atoms with E-state index in [1.54, 1.807) is 56.2 Å². The van der Waals surface area contributed by atoms with Gasteiger partial charge >= 0.3 is 5.69 Å². The maximum atomic E-state index is 16.5. The number of hydrogen-bond acceptors (Lipinski definition) is 9. The third-order valence-corrected chi connectivity index (χ3v) is 14.5. The number of nitrogens with zero attached hydrogens (tertiary/aromatic N) is 9. The minimum atomic E-state index is -1.44. The van der Waals surface area contributed by atoms with Crippen LogP contribution in [0.5, 0.6) is 0 Å². The Balaban J connectivity index is 0.997. The van der Waals surface area contributed by atoms with Gasteiger partial charge in [-0.05, 0) is 125 Å². The molecule has 0 spiro atoms. The first kappa shape index (κ1) is 41.0. The van der Waals surface area contributed by atoms with Crippen molar-refractivity contribution in [3.63, 3.8) is 0 Å². The first-order chi connectivity index (χ1) is 31.7. The number of nitrogens with one attached hydrogen (secondary N) is 1. The van der Waals surface area contributed by atoms with E-state index in [-0.39, 0.29) is 41.2 Å². The smallest absolute Gasteiger partial charge is 0.338 e. The van der Waals surface area contributed by atoms with Crippen LogP contribution in [-0.2, 0) is 28.5 Å². The minimum absolute atomic E-state index is 0.0311. The molecular formula is C48H47F3N10O5. The maximum absolute atomic E-state index is 16.5. The summed E-state index contributed by atoms with van der Waals surface area (Å²) >= 11 is 0. The summed E-state index contributed by atoms with van der Waals surface area (Å²) in [5.74, 6) is -0.993. The molecule has 2 aromatic carbocycles. The number of ether oxygens (including phenoxy) is 1. The summed E-state index contributed by atoms with van der Waals surface area (Å²) in [6, 6.07) is 11.0. The van der Waals surface area contributed by atoms with Crippen molar-refractivity contribution in [3.05, 3.63) is 129 Å². The average Bonchev–Trinajstić information content (AvgIpc) is 4.04. The molecule has 3 atom stereocenters. The number of aromatic nitrogens is 7. The zero-order valence-corrected chi connectivity index (χ0v) is 36.8. The molecule has 7 aromatic rings. The van der Waals surface area contributed by atoms with E-state index >= 15 is 18.0 Å². The number of pyridine rings is 1. The number of aliphatic imine (C=N–C) groups is 1. The zero-order valence-electron chi connectivity index (χ0n) is 36.8. The monoisotopic (exact) mass is 900 g/mol. The van der Waals surface area contributed by atoms with Crippen molar-refractivity contribution in [2.75, 3.05) is 13.2 Å². The Labute approximate surface area is 375 Å². The molecule has 66 heavy (non-hydrogen) atoms. The average molecular weight is 901 g/mol. The second-order valence-corrected chi connectivity index (χ2v) is 19.1. The molecule has 0 bridgehead atoms. The van der Waals surface area contributed by atoms with E-state index in [1.165, 1.54) is 39.9 Å². The SMILES string of the molecule is C[C@H]1c2c(nn(-c3ccc(F)c(C4CC4)c3)c2-n2ccn(-c3ccc4c(cnn4C)c3F)c2=O)CCN1C(=O)c1cc2cc([C@H]3CCOC(C)(C)C3)c(F)cn2c1C1(C2=NC(O)ON2)CC1. The largest absolute Gasteiger partial charge is 0.376 e.